The Morgan fingerprint density at radius 2 is 2.10 bits per heavy atom. The van der Waals surface area contributed by atoms with Crippen LogP contribution in [0.3, 0.4) is 0 Å². The van der Waals surface area contributed by atoms with E-state index in [2.05, 4.69) is 26.6 Å². The molecule has 1 unspecified atom stereocenters. The average molecular weight is 345 g/mol. The Bertz CT molecular complexity index is 538. The van der Waals surface area contributed by atoms with Crippen molar-refractivity contribution in [1.82, 2.24) is 10.6 Å². The molecule has 1 aromatic rings. The van der Waals surface area contributed by atoms with Gasteiger partial charge < -0.3 is 20.2 Å². The Kier molecular flexibility index (Phi) is 4.43. The Morgan fingerprint density at radius 3 is 2.60 bits per heavy atom. The number of amides is 2. The van der Waals surface area contributed by atoms with E-state index >= 15 is 0 Å². The number of halogens is 1. The van der Waals surface area contributed by atoms with Crippen molar-refractivity contribution >= 4 is 33.7 Å². The fourth-order valence-corrected chi connectivity index (χ4v) is 2.03. The summed E-state index contributed by atoms with van der Waals surface area (Å²) in [4.78, 5) is 34.2. The Balaban J connectivity index is 1.80. The third-order valence-electron chi connectivity index (χ3n) is 2.88. The molecule has 1 aliphatic rings. The van der Waals surface area contributed by atoms with Crippen LogP contribution in [0.2, 0.25) is 0 Å². The van der Waals surface area contributed by atoms with Gasteiger partial charge in [0.05, 0.1) is 6.54 Å². The summed E-state index contributed by atoms with van der Waals surface area (Å²) in [7, 11) is 0. The molecule has 108 valence electrons. The third kappa shape index (κ3) is 3.83. The van der Waals surface area contributed by atoms with Crippen LogP contribution in [-0.2, 0) is 9.59 Å². The highest BCUT2D eigenvalue weighted by Gasteiger charge is 2.37. The zero-order chi connectivity index (χ0) is 14.7. The van der Waals surface area contributed by atoms with E-state index in [4.69, 9.17) is 9.52 Å². The van der Waals surface area contributed by atoms with Crippen LogP contribution in [0.15, 0.2) is 21.2 Å². The molecule has 8 heteroatoms. The second-order valence-electron chi connectivity index (χ2n) is 4.51. The number of carbonyl (C=O) groups excluding carboxylic acids is 2. The first kappa shape index (κ1) is 14.6. The standard InChI is InChI=1S/C12H13BrN2O5/c13-8-4-3-7(20-8)11(17)14-5-9(16)15-10(12(18)19)6-1-2-6/h3-4,6,10H,1-2,5H2,(H,14,17)(H,15,16)(H,18,19). The zero-order valence-corrected chi connectivity index (χ0v) is 12.0. The number of furan rings is 1. The highest BCUT2D eigenvalue weighted by molar-refractivity contribution is 9.10. The van der Waals surface area contributed by atoms with Crippen molar-refractivity contribution in [1.29, 1.82) is 0 Å². The van der Waals surface area contributed by atoms with Gasteiger partial charge in [0.25, 0.3) is 5.91 Å². The number of hydrogen-bond donors (Lipinski definition) is 3. The van der Waals surface area contributed by atoms with Gasteiger partial charge in [0.15, 0.2) is 10.4 Å². The number of carboxylic acids is 1. The van der Waals surface area contributed by atoms with E-state index in [0.29, 0.717) is 4.67 Å². The van der Waals surface area contributed by atoms with Gasteiger partial charge in [0, 0.05) is 0 Å². The summed E-state index contributed by atoms with van der Waals surface area (Å²) in [5.41, 5.74) is 0. The molecule has 1 fully saturated rings. The predicted octanol–water partition coefficient (Wildman–Crippen LogP) is 0.751. The lowest BCUT2D eigenvalue weighted by molar-refractivity contribution is -0.142. The molecule has 1 aliphatic carbocycles. The van der Waals surface area contributed by atoms with Gasteiger partial charge in [-0.25, -0.2) is 4.79 Å². The van der Waals surface area contributed by atoms with Crippen molar-refractivity contribution in [3.8, 4) is 0 Å². The van der Waals surface area contributed by atoms with Gasteiger partial charge in [-0.05, 0) is 46.8 Å². The summed E-state index contributed by atoms with van der Waals surface area (Å²) in [5.74, 6) is -2.07. The molecule has 1 aromatic heterocycles. The third-order valence-corrected chi connectivity index (χ3v) is 3.31. The predicted molar refractivity (Wildman–Crippen MR) is 71.0 cm³/mol. The minimum absolute atomic E-state index is 0.00631. The van der Waals surface area contributed by atoms with Crippen molar-refractivity contribution in [3.05, 3.63) is 22.6 Å². The highest BCUT2D eigenvalue weighted by atomic mass is 79.9. The number of rotatable bonds is 6. The zero-order valence-electron chi connectivity index (χ0n) is 10.4. The molecule has 1 saturated carbocycles. The molecule has 1 atom stereocenters. The van der Waals surface area contributed by atoms with Crippen molar-refractivity contribution in [2.45, 2.75) is 18.9 Å². The van der Waals surface area contributed by atoms with Crippen molar-refractivity contribution in [3.63, 3.8) is 0 Å². The first-order chi connectivity index (χ1) is 9.47. The maximum Gasteiger partial charge on any atom is 0.326 e. The average Bonchev–Trinajstić information content (AvgIpc) is 3.14. The molecule has 2 amide bonds. The lowest BCUT2D eigenvalue weighted by Gasteiger charge is -2.13. The van der Waals surface area contributed by atoms with Crippen LogP contribution in [0.25, 0.3) is 0 Å². The van der Waals surface area contributed by atoms with Crippen LogP contribution in [0.1, 0.15) is 23.4 Å². The van der Waals surface area contributed by atoms with Gasteiger partial charge >= 0.3 is 5.97 Å². The largest absolute Gasteiger partial charge is 0.480 e. The topological polar surface area (TPSA) is 109 Å². The molecule has 0 spiro atoms. The molecule has 2 rings (SSSR count). The maximum atomic E-state index is 11.6. The Morgan fingerprint density at radius 1 is 1.40 bits per heavy atom. The maximum absolute atomic E-state index is 11.6. The Hall–Kier alpha value is -1.83. The summed E-state index contributed by atoms with van der Waals surface area (Å²) in [6.07, 6.45) is 1.59. The Labute approximate surface area is 122 Å². The molecule has 0 radical (unpaired) electrons. The van der Waals surface area contributed by atoms with E-state index in [9.17, 15) is 14.4 Å². The van der Waals surface area contributed by atoms with Gasteiger partial charge in [0.2, 0.25) is 5.91 Å². The van der Waals surface area contributed by atoms with E-state index in [1.807, 2.05) is 0 Å². The SMILES string of the molecule is O=C(CNC(=O)c1ccc(Br)o1)NC(C(=O)O)C1CC1. The number of carboxylic acid groups (broad SMARTS) is 1. The molecule has 1 heterocycles. The molecule has 3 N–H and O–H groups in total. The summed E-state index contributed by atoms with van der Waals surface area (Å²) >= 11 is 3.06. The molecule has 20 heavy (non-hydrogen) atoms. The molecule has 0 aliphatic heterocycles. The minimum atomic E-state index is -1.05. The quantitative estimate of drug-likeness (QED) is 0.705. The lowest BCUT2D eigenvalue weighted by atomic mass is 10.2. The molecule has 0 aromatic carbocycles. The fraction of sp³-hybridized carbons (Fsp3) is 0.417. The van der Waals surface area contributed by atoms with E-state index in [1.165, 1.54) is 6.07 Å². The molecule has 0 bridgehead atoms. The fourth-order valence-electron chi connectivity index (χ4n) is 1.72. The number of carbonyl (C=O) groups is 3. The van der Waals surface area contributed by atoms with E-state index < -0.39 is 23.8 Å². The van der Waals surface area contributed by atoms with Crippen molar-refractivity contribution in [2.75, 3.05) is 6.54 Å². The van der Waals surface area contributed by atoms with Crippen LogP contribution in [0, 0.1) is 5.92 Å². The van der Waals surface area contributed by atoms with E-state index in [1.54, 1.807) is 6.07 Å². The molecule has 0 saturated heterocycles. The molecular formula is C12H13BrN2O5. The second kappa shape index (κ2) is 6.08. The van der Waals surface area contributed by atoms with Crippen molar-refractivity contribution in [2.24, 2.45) is 5.92 Å². The number of hydrogen-bond acceptors (Lipinski definition) is 4. The van der Waals surface area contributed by atoms with Crippen molar-refractivity contribution < 1.29 is 23.9 Å². The van der Waals surface area contributed by atoms with Gasteiger partial charge in [-0.1, -0.05) is 0 Å². The monoisotopic (exact) mass is 344 g/mol. The van der Waals surface area contributed by atoms with Crippen LogP contribution in [0.4, 0.5) is 0 Å². The van der Waals surface area contributed by atoms with Gasteiger partial charge in [-0.2, -0.15) is 0 Å². The van der Waals surface area contributed by atoms with Crippen LogP contribution in [0.5, 0.6) is 0 Å². The first-order valence-corrected chi connectivity index (χ1v) is 6.82. The van der Waals surface area contributed by atoms with Crippen LogP contribution in [-0.4, -0.2) is 35.5 Å². The van der Waals surface area contributed by atoms with E-state index in [-0.39, 0.29) is 18.2 Å². The number of nitrogens with one attached hydrogen (secondary N) is 2. The summed E-state index contributed by atoms with van der Waals surface area (Å²) in [5, 5.41) is 13.7. The van der Waals surface area contributed by atoms with Gasteiger partial charge in [-0.3, -0.25) is 9.59 Å². The smallest absolute Gasteiger partial charge is 0.326 e. The van der Waals surface area contributed by atoms with Crippen LogP contribution >= 0.6 is 15.9 Å². The summed E-state index contributed by atoms with van der Waals surface area (Å²) < 4.78 is 5.43. The van der Waals surface area contributed by atoms with E-state index in [0.717, 1.165) is 12.8 Å². The first-order valence-electron chi connectivity index (χ1n) is 6.03. The van der Waals surface area contributed by atoms with Gasteiger partial charge in [0.1, 0.15) is 6.04 Å². The summed E-state index contributed by atoms with van der Waals surface area (Å²) in [6, 6.07) is 2.14. The highest BCUT2D eigenvalue weighted by Crippen LogP contribution is 2.32. The second-order valence-corrected chi connectivity index (χ2v) is 5.29. The van der Waals surface area contributed by atoms with Crippen LogP contribution < -0.4 is 10.6 Å². The summed E-state index contributed by atoms with van der Waals surface area (Å²) in [6.45, 7) is -0.298. The normalized spacial score (nSPS) is 15.4. The molecule has 7 nitrogen and oxygen atoms in total. The molecular weight excluding hydrogens is 332 g/mol. The number of aliphatic carboxylic acids is 1. The minimum Gasteiger partial charge on any atom is -0.480 e. The lowest BCUT2D eigenvalue weighted by Crippen LogP contribution is -2.46. The van der Waals surface area contributed by atoms with Gasteiger partial charge in [-0.15, -0.1) is 0 Å².